The fraction of sp³-hybridized carbons (Fsp3) is 0.167. The van der Waals surface area contributed by atoms with Crippen LogP contribution in [0.25, 0.3) is 21.8 Å². The van der Waals surface area contributed by atoms with Crippen molar-refractivity contribution in [3.63, 3.8) is 0 Å². The molecule has 0 unspecified atom stereocenters. The molecular formula is C18H17N3O2. The van der Waals surface area contributed by atoms with E-state index in [0.29, 0.717) is 12.0 Å². The van der Waals surface area contributed by atoms with Crippen molar-refractivity contribution in [3.05, 3.63) is 54.1 Å². The maximum Gasteiger partial charge on any atom is 0.253 e. The minimum Gasteiger partial charge on any atom is -0.368 e. The van der Waals surface area contributed by atoms with E-state index in [2.05, 4.69) is 10.3 Å². The number of benzene rings is 2. The van der Waals surface area contributed by atoms with Gasteiger partial charge in [0.25, 0.3) is 5.91 Å². The van der Waals surface area contributed by atoms with Crippen LogP contribution in [0.15, 0.2) is 48.5 Å². The van der Waals surface area contributed by atoms with Gasteiger partial charge < -0.3 is 11.1 Å². The smallest absolute Gasteiger partial charge is 0.253 e. The normalized spacial score (nSPS) is 12.2. The fourth-order valence-electron chi connectivity index (χ4n) is 2.69. The summed E-state index contributed by atoms with van der Waals surface area (Å²) in [6, 6.07) is 14.2. The second-order valence-corrected chi connectivity index (χ2v) is 5.36. The minimum absolute atomic E-state index is 0.314. The molecule has 5 nitrogen and oxygen atoms in total. The predicted molar refractivity (Wildman–Crippen MR) is 90.0 cm³/mol. The SMILES string of the molecule is CC[C@H](NC(=O)c1c2ccccc2nc2ccccc12)C(N)=O. The molecule has 1 atom stereocenters. The van der Waals surface area contributed by atoms with Crippen LogP contribution in [0.3, 0.4) is 0 Å². The Bertz CT molecular complexity index is 851. The number of nitrogens with two attached hydrogens (primary N) is 1. The monoisotopic (exact) mass is 307 g/mol. The van der Waals surface area contributed by atoms with Gasteiger partial charge in [0.15, 0.2) is 0 Å². The van der Waals surface area contributed by atoms with E-state index in [4.69, 9.17) is 5.73 Å². The Kier molecular flexibility index (Phi) is 3.93. The van der Waals surface area contributed by atoms with E-state index in [1.54, 1.807) is 6.92 Å². The number of nitrogens with zero attached hydrogens (tertiary/aromatic N) is 1. The first-order valence-electron chi connectivity index (χ1n) is 7.49. The van der Waals surface area contributed by atoms with Gasteiger partial charge in [-0.15, -0.1) is 0 Å². The van der Waals surface area contributed by atoms with Crippen molar-refractivity contribution in [1.29, 1.82) is 0 Å². The number of fused-ring (bicyclic) bond motifs is 2. The molecule has 0 radical (unpaired) electrons. The molecule has 0 aliphatic heterocycles. The molecule has 2 aromatic carbocycles. The third kappa shape index (κ3) is 2.73. The Labute approximate surface area is 133 Å². The molecule has 5 heteroatoms. The molecule has 0 fully saturated rings. The van der Waals surface area contributed by atoms with E-state index in [9.17, 15) is 9.59 Å². The van der Waals surface area contributed by atoms with Crippen molar-refractivity contribution in [2.45, 2.75) is 19.4 Å². The summed E-state index contributed by atoms with van der Waals surface area (Å²) in [5.41, 5.74) is 7.33. The number of carbonyl (C=O) groups is 2. The maximum absolute atomic E-state index is 12.8. The van der Waals surface area contributed by atoms with Crippen molar-refractivity contribution in [1.82, 2.24) is 10.3 Å². The number of pyridine rings is 1. The first-order chi connectivity index (χ1) is 11.1. The van der Waals surface area contributed by atoms with Gasteiger partial charge in [-0.25, -0.2) is 4.98 Å². The first kappa shape index (κ1) is 15.0. The minimum atomic E-state index is -0.687. The zero-order valence-electron chi connectivity index (χ0n) is 12.7. The van der Waals surface area contributed by atoms with Crippen LogP contribution in [0, 0.1) is 0 Å². The summed E-state index contributed by atoms with van der Waals surface area (Å²) in [5, 5.41) is 4.23. The van der Waals surface area contributed by atoms with Crippen molar-refractivity contribution in [3.8, 4) is 0 Å². The number of nitrogens with one attached hydrogen (secondary N) is 1. The molecule has 1 heterocycles. The second-order valence-electron chi connectivity index (χ2n) is 5.36. The Hall–Kier alpha value is -2.95. The van der Waals surface area contributed by atoms with Crippen LogP contribution < -0.4 is 11.1 Å². The predicted octanol–water partition coefficient (Wildman–Crippen LogP) is 2.38. The zero-order valence-corrected chi connectivity index (χ0v) is 12.7. The Morgan fingerprint density at radius 2 is 1.57 bits per heavy atom. The lowest BCUT2D eigenvalue weighted by Gasteiger charge is -2.15. The third-order valence-corrected chi connectivity index (χ3v) is 3.87. The summed E-state index contributed by atoms with van der Waals surface area (Å²) in [5.74, 6) is -0.853. The lowest BCUT2D eigenvalue weighted by atomic mass is 10.0. The standard InChI is InChI=1S/C18H17N3O2/c1-2-13(17(19)22)21-18(23)16-11-7-3-5-9-14(11)20-15-10-6-4-8-12(15)16/h3-10,13H,2H2,1H3,(H2,19,22)(H,21,23)/t13-/m0/s1. The summed E-state index contributed by atoms with van der Waals surface area (Å²) in [6.07, 6.45) is 0.446. The van der Waals surface area contributed by atoms with Gasteiger partial charge in [-0.2, -0.15) is 0 Å². The van der Waals surface area contributed by atoms with Crippen molar-refractivity contribution in [2.24, 2.45) is 5.73 Å². The van der Waals surface area contributed by atoms with E-state index < -0.39 is 11.9 Å². The number of hydrogen-bond donors (Lipinski definition) is 2. The molecule has 0 bridgehead atoms. The lowest BCUT2D eigenvalue weighted by Crippen LogP contribution is -2.44. The molecule has 3 N–H and O–H groups in total. The van der Waals surface area contributed by atoms with Gasteiger partial charge in [0, 0.05) is 10.8 Å². The highest BCUT2D eigenvalue weighted by molar-refractivity contribution is 6.16. The maximum atomic E-state index is 12.8. The number of para-hydroxylation sites is 2. The van der Waals surface area contributed by atoms with Crippen LogP contribution in [0.5, 0.6) is 0 Å². The number of aromatic nitrogens is 1. The molecule has 23 heavy (non-hydrogen) atoms. The number of amides is 2. The first-order valence-corrected chi connectivity index (χ1v) is 7.49. The molecule has 0 aliphatic carbocycles. The van der Waals surface area contributed by atoms with Crippen LogP contribution in [0.1, 0.15) is 23.7 Å². The third-order valence-electron chi connectivity index (χ3n) is 3.87. The Morgan fingerprint density at radius 1 is 1.04 bits per heavy atom. The molecule has 116 valence electrons. The van der Waals surface area contributed by atoms with E-state index in [1.165, 1.54) is 0 Å². The Balaban J connectivity index is 2.20. The molecule has 0 saturated heterocycles. The fourth-order valence-corrected chi connectivity index (χ4v) is 2.69. The van der Waals surface area contributed by atoms with E-state index in [-0.39, 0.29) is 5.91 Å². The van der Waals surface area contributed by atoms with Crippen LogP contribution in [0.4, 0.5) is 0 Å². The van der Waals surface area contributed by atoms with Crippen molar-refractivity contribution in [2.75, 3.05) is 0 Å². The van der Waals surface area contributed by atoms with Gasteiger partial charge in [0.2, 0.25) is 5.91 Å². The summed E-state index contributed by atoms with van der Waals surface area (Å²) >= 11 is 0. The quantitative estimate of drug-likeness (QED) is 0.726. The van der Waals surface area contributed by atoms with Gasteiger partial charge in [-0.3, -0.25) is 9.59 Å². The Morgan fingerprint density at radius 3 is 2.04 bits per heavy atom. The van der Waals surface area contributed by atoms with Crippen LogP contribution in [-0.4, -0.2) is 22.8 Å². The summed E-state index contributed by atoms with van der Waals surface area (Å²) < 4.78 is 0. The number of rotatable bonds is 4. The largest absolute Gasteiger partial charge is 0.368 e. The highest BCUT2D eigenvalue weighted by Gasteiger charge is 2.20. The molecular weight excluding hydrogens is 290 g/mol. The molecule has 0 saturated carbocycles. The van der Waals surface area contributed by atoms with Gasteiger partial charge in [0.05, 0.1) is 16.6 Å². The molecule has 0 aliphatic rings. The number of hydrogen-bond acceptors (Lipinski definition) is 3. The highest BCUT2D eigenvalue weighted by Crippen LogP contribution is 2.25. The van der Waals surface area contributed by atoms with E-state index in [1.807, 2.05) is 48.5 Å². The molecule has 1 aromatic heterocycles. The van der Waals surface area contributed by atoms with Crippen LogP contribution >= 0.6 is 0 Å². The molecule has 0 spiro atoms. The zero-order chi connectivity index (χ0) is 16.4. The highest BCUT2D eigenvalue weighted by atomic mass is 16.2. The van der Waals surface area contributed by atoms with Gasteiger partial charge in [-0.05, 0) is 18.6 Å². The topological polar surface area (TPSA) is 85.1 Å². The summed E-state index contributed by atoms with van der Waals surface area (Å²) in [7, 11) is 0. The number of carbonyl (C=O) groups excluding carboxylic acids is 2. The van der Waals surface area contributed by atoms with Crippen molar-refractivity contribution < 1.29 is 9.59 Å². The summed E-state index contributed by atoms with van der Waals surface area (Å²) in [6.45, 7) is 1.80. The average Bonchev–Trinajstić information content (AvgIpc) is 2.56. The van der Waals surface area contributed by atoms with Gasteiger partial charge in [0.1, 0.15) is 6.04 Å². The van der Waals surface area contributed by atoms with Gasteiger partial charge >= 0.3 is 0 Å². The van der Waals surface area contributed by atoms with Crippen molar-refractivity contribution >= 4 is 33.6 Å². The second kappa shape index (κ2) is 6.04. The van der Waals surface area contributed by atoms with Gasteiger partial charge in [-0.1, -0.05) is 43.3 Å². The molecule has 2 amide bonds. The van der Waals surface area contributed by atoms with E-state index >= 15 is 0 Å². The average molecular weight is 307 g/mol. The molecule has 3 aromatic rings. The van der Waals surface area contributed by atoms with Crippen LogP contribution in [0.2, 0.25) is 0 Å². The molecule has 3 rings (SSSR count). The van der Waals surface area contributed by atoms with E-state index in [0.717, 1.165) is 21.8 Å². The summed E-state index contributed by atoms with van der Waals surface area (Å²) in [4.78, 5) is 28.8. The lowest BCUT2D eigenvalue weighted by molar-refractivity contribution is -0.119. The van der Waals surface area contributed by atoms with Crippen LogP contribution in [-0.2, 0) is 4.79 Å². The number of primary amides is 1.